The van der Waals surface area contributed by atoms with Gasteiger partial charge in [-0.1, -0.05) is 97.0 Å². The number of halogens is 1. The summed E-state index contributed by atoms with van der Waals surface area (Å²) in [6, 6.07) is 25.2. The first kappa shape index (κ1) is 25.2. The number of nitrogens with one attached hydrogen (secondary N) is 1. The first-order valence-electron chi connectivity index (χ1n) is 11.6. The summed E-state index contributed by atoms with van der Waals surface area (Å²) < 4.78 is 5.88. The standard InChI is InChI=1S/C23H23ClN2O4.C6H4/c1-14(2)19(26-21(24)18(22(26)28)25-15(3)27)23(29)30-20(16-10-6-4-7-11-16)17-12-8-5-9-13-17;1-2-5-4-6(5)3-1/h4-13,18-21H,1H2,2-3H3,(H,25,27);1-4H. The summed E-state index contributed by atoms with van der Waals surface area (Å²) in [4.78, 5) is 38.2. The molecule has 6 nitrogen and oxygen atoms in total. The lowest BCUT2D eigenvalue weighted by Gasteiger charge is -2.47. The van der Waals surface area contributed by atoms with Gasteiger partial charge in [0, 0.05) is 6.92 Å². The fourth-order valence-corrected chi connectivity index (χ4v) is 4.47. The van der Waals surface area contributed by atoms with Crippen LogP contribution in [0.2, 0.25) is 0 Å². The van der Waals surface area contributed by atoms with Gasteiger partial charge in [-0.15, -0.1) is 0 Å². The smallest absolute Gasteiger partial charge is 0.334 e. The number of fused-ring (bicyclic) bond motifs is 1. The lowest BCUT2D eigenvalue weighted by molar-refractivity contribution is -0.165. The van der Waals surface area contributed by atoms with Crippen molar-refractivity contribution in [3.8, 4) is 11.1 Å². The molecule has 3 unspecified atom stereocenters. The van der Waals surface area contributed by atoms with E-state index in [1.54, 1.807) is 6.92 Å². The molecule has 36 heavy (non-hydrogen) atoms. The number of ether oxygens (including phenoxy) is 1. The third-order valence-corrected chi connectivity index (χ3v) is 6.40. The van der Waals surface area contributed by atoms with Gasteiger partial charge < -0.3 is 15.0 Å². The Morgan fingerprint density at radius 3 is 1.81 bits per heavy atom. The zero-order valence-electron chi connectivity index (χ0n) is 20.1. The second-order valence-corrected chi connectivity index (χ2v) is 9.21. The number of alkyl halides is 1. The van der Waals surface area contributed by atoms with Crippen LogP contribution < -0.4 is 5.32 Å². The van der Waals surface area contributed by atoms with Crippen molar-refractivity contribution >= 4 is 29.4 Å². The van der Waals surface area contributed by atoms with Gasteiger partial charge in [0.25, 0.3) is 5.91 Å². The van der Waals surface area contributed by atoms with Crippen LogP contribution >= 0.6 is 11.6 Å². The Morgan fingerprint density at radius 1 is 0.917 bits per heavy atom. The molecule has 2 amide bonds. The lowest BCUT2D eigenvalue weighted by Crippen LogP contribution is -2.72. The number of rotatable bonds is 7. The number of hydrogen-bond donors (Lipinski definition) is 1. The summed E-state index contributed by atoms with van der Waals surface area (Å²) in [7, 11) is 0. The number of hydrogen-bond acceptors (Lipinski definition) is 4. The van der Waals surface area contributed by atoms with Gasteiger partial charge >= 0.3 is 5.97 Å². The van der Waals surface area contributed by atoms with E-state index in [2.05, 4.69) is 36.2 Å². The minimum absolute atomic E-state index is 0.374. The maximum atomic E-state index is 13.2. The van der Waals surface area contributed by atoms with Crippen molar-refractivity contribution in [1.29, 1.82) is 0 Å². The molecule has 2 aliphatic carbocycles. The fourth-order valence-electron chi connectivity index (χ4n) is 4.09. The van der Waals surface area contributed by atoms with Crippen molar-refractivity contribution in [2.45, 2.75) is 37.5 Å². The SMILES string of the molecule is C=C(C)C(C(=O)OC(c1ccccc1)c1ccccc1)N1C(=O)C(NC(C)=O)C1Cl.c1cc2cc-2c1. The van der Waals surface area contributed by atoms with E-state index < -0.39 is 35.6 Å². The minimum atomic E-state index is -1.06. The van der Waals surface area contributed by atoms with Gasteiger partial charge in [0.1, 0.15) is 11.5 Å². The largest absolute Gasteiger partial charge is 0.451 e. The molecule has 184 valence electrons. The Bertz CT molecular complexity index is 1220. The normalized spacial score (nSPS) is 17.8. The van der Waals surface area contributed by atoms with Crippen LogP contribution in [0.25, 0.3) is 11.1 Å². The quantitative estimate of drug-likeness (QED) is 0.129. The zero-order chi connectivity index (χ0) is 25.8. The molecule has 2 aromatic rings. The number of likely N-dealkylation sites (tertiary alicyclic amines) is 1. The number of nitrogens with zero attached hydrogens (tertiary/aromatic N) is 1. The van der Waals surface area contributed by atoms with Crippen LogP contribution in [-0.2, 0) is 19.1 Å². The molecule has 1 saturated heterocycles. The van der Waals surface area contributed by atoms with E-state index in [1.165, 1.54) is 23.0 Å². The van der Waals surface area contributed by atoms with Crippen molar-refractivity contribution in [3.05, 3.63) is 108 Å². The molecular weight excluding hydrogens is 476 g/mol. The van der Waals surface area contributed by atoms with Gasteiger partial charge in [-0.2, -0.15) is 0 Å². The van der Waals surface area contributed by atoms with Gasteiger partial charge in [0.15, 0.2) is 12.1 Å². The number of esters is 1. The third kappa shape index (κ3) is 5.50. The average molecular weight is 503 g/mol. The monoisotopic (exact) mass is 502 g/mol. The molecule has 1 heterocycles. The number of β-lactam (4-membered cyclic amide) rings is 1. The van der Waals surface area contributed by atoms with E-state index in [9.17, 15) is 14.4 Å². The van der Waals surface area contributed by atoms with Crippen molar-refractivity contribution in [1.82, 2.24) is 10.2 Å². The van der Waals surface area contributed by atoms with E-state index in [0.717, 1.165) is 11.1 Å². The molecule has 2 aromatic carbocycles. The second-order valence-electron chi connectivity index (χ2n) is 8.76. The van der Waals surface area contributed by atoms with Crippen LogP contribution in [0, 0.1) is 0 Å². The Hall–Kier alpha value is -3.90. The molecular formula is C29H27ClN2O4. The van der Waals surface area contributed by atoms with Crippen LogP contribution in [0.15, 0.2) is 97.1 Å². The summed E-state index contributed by atoms with van der Waals surface area (Å²) in [5, 5.41) is 2.49. The first-order chi connectivity index (χ1) is 17.3. The summed E-state index contributed by atoms with van der Waals surface area (Å²) in [6.45, 7) is 6.78. The Kier molecular flexibility index (Phi) is 7.55. The molecule has 0 aromatic heterocycles. The van der Waals surface area contributed by atoms with Crippen LogP contribution in [0.3, 0.4) is 0 Å². The van der Waals surface area contributed by atoms with Crippen molar-refractivity contribution < 1.29 is 19.1 Å². The lowest BCUT2D eigenvalue weighted by atomic mass is 9.98. The summed E-state index contributed by atoms with van der Waals surface area (Å²) in [5.41, 5.74) is 3.99. The van der Waals surface area contributed by atoms with Crippen molar-refractivity contribution in [2.24, 2.45) is 0 Å². The highest BCUT2D eigenvalue weighted by atomic mass is 35.5. The second kappa shape index (κ2) is 10.8. The van der Waals surface area contributed by atoms with Gasteiger partial charge in [-0.05, 0) is 40.8 Å². The Morgan fingerprint density at radius 2 is 1.44 bits per heavy atom. The molecule has 3 aliphatic rings. The predicted molar refractivity (Wildman–Crippen MR) is 139 cm³/mol. The van der Waals surface area contributed by atoms with E-state index in [4.69, 9.17) is 16.3 Å². The zero-order valence-corrected chi connectivity index (χ0v) is 20.8. The number of carbonyl (C=O) groups is 3. The number of benzene rings is 3. The van der Waals surface area contributed by atoms with Crippen molar-refractivity contribution in [3.63, 3.8) is 0 Å². The fraction of sp³-hybridized carbons (Fsp3) is 0.207. The molecule has 5 rings (SSSR count). The highest BCUT2D eigenvalue weighted by molar-refractivity contribution is 6.27. The van der Waals surface area contributed by atoms with Crippen LogP contribution in [0.5, 0.6) is 0 Å². The first-order valence-corrected chi connectivity index (χ1v) is 12.0. The summed E-state index contributed by atoms with van der Waals surface area (Å²) in [5.74, 6) is -1.46. The van der Waals surface area contributed by atoms with Gasteiger partial charge in [0.2, 0.25) is 5.91 Å². The van der Waals surface area contributed by atoms with Crippen LogP contribution in [0.4, 0.5) is 0 Å². The molecule has 1 N–H and O–H groups in total. The molecule has 1 fully saturated rings. The molecule has 0 bridgehead atoms. The van der Waals surface area contributed by atoms with Crippen LogP contribution in [-0.4, -0.2) is 40.3 Å². The Balaban J connectivity index is 0.000000434. The highest BCUT2D eigenvalue weighted by Gasteiger charge is 2.52. The predicted octanol–water partition coefficient (Wildman–Crippen LogP) is 4.84. The van der Waals surface area contributed by atoms with Gasteiger partial charge in [0.05, 0.1) is 0 Å². The molecule has 0 spiro atoms. The van der Waals surface area contributed by atoms with Crippen LogP contribution in [0.1, 0.15) is 31.1 Å². The molecule has 3 atom stereocenters. The highest BCUT2D eigenvalue weighted by Crippen LogP contribution is 2.33. The van der Waals surface area contributed by atoms with E-state index in [-0.39, 0.29) is 5.91 Å². The van der Waals surface area contributed by atoms with E-state index >= 15 is 0 Å². The minimum Gasteiger partial charge on any atom is -0.451 e. The summed E-state index contributed by atoms with van der Waals surface area (Å²) in [6.07, 6.45) is -0.655. The molecule has 0 saturated carbocycles. The van der Waals surface area contributed by atoms with E-state index in [0.29, 0.717) is 5.57 Å². The molecule has 1 aliphatic heterocycles. The maximum Gasteiger partial charge on any atom is 0.334 e. The Labute approximate surface area is 215 Å². The van der Waals surface area contributed by atoms with E-state index in [1.807, 2.05) is 60.7 Å². The molecule has 0 radical (unpaired) electrons. The maximum absolute atomic E-state index is 13.2. The topological polar surface area (TPSA) is 75.7 Å². The summed E-state index contributed by atoms with van der Waals surface area (Å²) >= 11 is 6.31. The molecule has 7 heteroatoms. The number of amides is 2. The van der Waals surface area contributed by atoms with Gasteiger partial charge in [-0.25, -0.2) is 4.79 Å². The van der Waals surface area contributed by atoms with Crippen molar-refractivity contribution in [2.75, 3.05) is 0 Å². The van der Waals surface area contributed by atoms with Gasteiger partial charge in [-0.3, -0.25) is 9.59 Å². The number of carbonyl (C=O) groups excluding carboxylic acids is 3. The average Bonchev–Trinajstić information content (AvgIpc) is 3.48. The third-order valence-electron chi connectivity index (χ3n) is 5.94.